The third-order valence-electron chi connectivity index (χ3n) is 4.09. The predicted octanol–water partition coefficient (Wildman–Crippen LogP) is 5.23. The highest BCUT2D eigenvalue weighted by Gasteiger charge is 2.12. The van der Waals surface area contributed by atoms with Crippen molar-refractivity contribution in [2.24, 2.45) is 12.0 Å². The summed E-state index contributed by atoms with van der Waals surface area (Å²) in [5, 5.41) is 4.11. The molecule has 0 spiro atoms. The number of aryl methyl sites for hydroxylation is 2. The predicted molar refractivity (Wildman–Crippen MR) is 98.7 cm³/mol. The van der Waals surface area contributed by atoms with Crippen LogP contribution in [0.2, 0.25) is 0 Å². The number of anilines is 2. The van der Waals surface area contributed by atoms with E-state index in [9.17, 15) is 8.78 Å². The van der Waals surface area contributed by atoms with Crippen LogP contribution < -0.4 is 5.32 Å². The van der Waals surface area contributed by atoms with Gasteiger partial charge in [-0.05, 0) is 49.5 Å². The van der Waals surface area contributed by atoms with Crippen LogP contribution in [0.1, 0.15) is 23.2 Å². The Morgan fingerprint density at radius 2 is 2.08 bits per heavy atom. The smallest absolute Gasteiger partial charge is 0.263 e. The number of halogens is 2. The summed E-state index contributed by atoms with van der Waals surface area (Å²) in [6, 6.07) is 9.97. The maximum absolute atomic E-state index is 12.8. The number of alkyl halides is 2. The van der Waals surface area contributed by atoms with Crippen molar-refractivity contribution in [1.82, 2.24) is 9.55 Å². The number of fused-ring (bicyclic) bond motifs is 1. The van der Waals surface area contributed by atoms with Crippen LogP contribution in [-0.2, 0) is 7.05 Å². The van der Waals surface area contributed by atoms with Gasteiger partial charge < -0.3 is 9.88 Å². The summed E-state index contributed by atoms with van der Waals surface area (Å²) in [6.45, 7) is 5.46. The van der Waals surface area contributed by atoms with E-state index < -0.39 is 6.43 Å². The van der Waals surface area contributed by atoms with E-state index in [1.165, 1.54) is 12.1 Å². The van der Waals surface area contributed by atoms with Crippen molar-refractivity contribution in [2.45, 2.75) is 13.3 Å². The van der Waals surface area contributed by atoms with Crippen molar-refractivity contribution in [1.29, 1.82) is 0 Å². The first-order valence-electron chi connectivity index (χ1n) is 7.75. The Morgan fingerprint density at radius 3 is 2.80 bits per heavy atom. The van der Waals surface area contributed by atoms with Gasteiger partial charge in [-0.25, -0.2) is 13.8 Å². The number of aromatic nitrogens is 2. The van der Waals surface area contributed by atoms with Crippen molar-refractivity contribution in [3.63, 3.8) is 0 Å². The van der Waals surface area contributed by atoms with Crippen molar-refractivity contribution in [3.05, 3.63) is 59.4 Å². The maximum atomic E-state index is 12.8. The number of hydrogen-bond donors (Lipinski definition) is 1. The Kier molecular flexibility index (Phi) is 4.61. The minimum absolute atomic E-state index is 0.0230. The lowest BCUT2D eigenvalue weighted by molar-refractivity contribution is 0.151. The average Bonchev–Trinajstić information content (AvgIpc) is 2.84. The highest BCUT2D eigenvalue weighted by Crippen LogP contribution is 2.28. The first-order chi connectivity index (χ1) is 12.0. The molecule has 4 nitrogen and oxygen atoms in total. The fourth-order valence-corrected chi connectivity index (χ4v) is 2.83. The molecule has 0 saturated carbocycles. The van der Waals surface area contributed by atoms with Crippen molar-refractivity contribution < 1.29 is 8.78 Å². The van der Waals surface area contributed by atoms with Gasteiger partial charge in [-0.2, -0.15) is 0 Å². The van der Waals surface area contributed by atoms with Gasteiger partial charge in [0.1, 0.15) is 11.5 Å². The summed E-state index contributed by atoms with van der Waals surface area (Å²) in [5.74, 6) is 0.594. The molecule has 0 aliphatic heterocycles. The van der Waals surface area contributed by atoms with Gasteiger partial charge in [0.05, 0.1) is 0 Å². The number of nitrogens with zero attached hydrogens (tertiary/aromatic N) is 3. The van der Waals surface area contributed by atoms with E-state index in [0.717, 1.165) is 22.3 Å². The molecule has 0 unspecified atom stereocenters. The summed E-state index contributed by atoms with van der Waals surface area (Å²) in [5.41, 5.74) is 3.44. The number of hydrogen-bond acceptors (Lipinski definition) is 3. The number of aliphatic imine (C=N–C) groups is 1. The molecule has 0 aliphatic carbocycles. The quantitative estimate of drug-likeness (QED) is 0.646. The summed E-state index contributed by atoms with van der Waals surface area (Å²) in [4.78, 5) is 8.36. The molecular weight excluding hydrogens is 322 g/mol. The number of rotatable bonds is 5. The van der Waals surface area contributed by atoms with Gasteiger partial charge in [0.2, 0.25) is 0 Å². The van der Waals surface area contributed by atoms with Crippen molar-refractivity contribution in [3.8, 4) is 0 Å². The molecule has 0 amide bonds. The van der Waals surface area contributed by atoms with E-state index in [0.29, 0.717) is 11.5 Å². The molecule has 2 aromatic heterocycles. The highest BCUT2D eigenvalue weighted by atomic mass is 19.3. The van der Waals surface area contributed by atoms with Crippen LogP contribution in [0, 0.1) is 6.92 Å². The van der Waals surface area contributed by atoms with E-state index in [1.54, 1.807) is 18.3 Å². The molecule has 0 radical (unpaired) electrons. The lowest BCUT2D eigenvalue weighted by atomic mass is 10.2. The molecular formula is C19H18F2N4. The lowest BCUT2D eigenvalue weighted by Crippen LogP contribution is -1.97. The molecule has 25 heavy (non-hydrogen) atoms. The summed E-state index contributed by atoms with van der Waals surface area (Å²) in [7, 11) is 1.92. The fraction of sp³-hybridized carbons (Fsp3) is 0.158. The van der Waals surface area contributed by atoms with Gasteiger partial charge in [-0.3, -0.25) is 4.99 Å². The first-order valence-corrected chi connectivity index (χ1v) is 7.75. The molecule has 0 atom stereocenters. The second-order valence-corrected chi connectivity index (χ2v) is 5.69. The third kappa shape index (κ3) is 3.28. The van der Waals surface area contributed by atoms with E-state index in [1.807, 2.05) is 36.7 Å². The molecule has 0 aliphatic rings. The standard InChI is InChI=1S/C19H18F2N4/c1-12-15-7-8-17(23-14-6-4-5-13(11-14)18(20)21)24-19(15)25(3)16(12)9-10-22-2/h4-11,18H,2H2,1,3H3,(H,23,24)/b10-9-. The van der Waals surface area contributed by atoms with Crippen molar-refractivity contribution in [2.75, 3.05) is 5.32 Å². The minimum Gasteiger partial charge on any atom is -0.340 e. The van der Waals surface area contributed by atoms with Crippen LogP contribution in [-0.4, -0.2) is 16.3 Å². The van der Waals surface area contributed by atoms with Gasteiger partial charge in [0, 0.05) is 35.6 Å². The maximum Gasteiger partial charge on any atom is 0.263 e. The SMILES string of the molecule is C=N/C=C\c1c(C)c2ccc(Nc3cccc(C(F)F)c3)nc2n1C. The molecule has 0 fully saturated rings. The first kappa shape index (κ1) is 16.8. The monoisotopic (exact) mass is 340 g/mol. The molecule has 1 aromatic carbocycles. The largest absolute Gasteiger partial charge is 0.340 e. The highest BCUT2D eigenvalue weighted by molar-refractivity contribution is 5.86. The number of pyridine rings is 1. The molecule has 6 heteroatoms. The molecule has 1 N–H and O–H groups in total. The van der Waals surface area contributed by atoms with Crippen molar-refractivity contribution >= 4 is 35.3 Å². The van der Waals surface area contributed by atoms with Gasteiger partial charge in [0.25, 0.3) is 6.43 Å². The van der Waals surface area contributed by atoms with Crippen LogP contribution >= 0.6 is 0 Å². The van der Waals surface area contributed by atoms with Gasteiger partial charge in [-0.15, -0.1) is 0 Å². The van der Waals surface area contributed by atoms with E-state index >= 15 is 0 Å². The normalized spacial score (nSPS) is 11.6. The third-order valence-corrected chi connectivity index (χ3v) is 4.09. The van der Waals surface area contributed by atoms with Crippen LogP contribution in [0.15, 0.2) is 47.6 Å². The molecule has 3 rings (SSSR count). The van der Waals surface area contributed by atoms with Gasteiger partial charge in [-0.1, -0.05) is 12.1 Å². The fourth-order valence-electron chi connectivity index (χ4n) is 2.83. The van der Waals surface area contributed by atoms with Crippen LogP contribution in [0.4, 0.5) is 20.3 Å². The Hall–Kier alpha value is -3.02. The Morgan fingerprint density at radius 1 is 1.28 bits per heavy atom. The molecule has 2 heterocycles. The van der Waals surface area contributed by atoms with Gasteiger partial charge >= 0.3 is 0 Å². The Labute approximate surface area is 144 Å². The second kappa shape index (κ2) is 6.84. The second-order valence-electron chi connectivity index (χ2n) is 5.69. The topological polar surface area (TPSA) is 42.2 Å². The minimum atomic E-state index is -2.50. The number of benzene rings is 1. The molecule has 0 bridgehead atoms. The molecule has 3 aromatic rings. The summed E-state index contributed by atoms with van der Waals surface area (Å²) in [6.07, 6.45) is 1.01. The number of nitrogens with one attached hydrogen (secondary N) is 1. The zero-order valence-corrected chi connectivity index (χ0v) is 14.0. The Bertz CT molecular complexity index is 957. The van der Waals surface area contributed by atoms with Crippen LogP contribution in [0.25, 0.3) is 17.1 Å². The zero-order chi connectivity index (χ0) is 18.0. The molecule has 0 saturated heterocycles. The lowest BCUT2D eigenvalue weighted by Gasteiger charge is -2.08. The van der Waals surface area contributed by atoms with Crippen LogP contribution in [0.5, 0.6) is 0 Å². The van der Waals surface area contributed by atoms with E-state index in [2.05, 4.69) is 22.0 Å². The molecule has 128 valence electrons. The Balaban J connectivity index is 1.99. The van der Waals surface area contributed by atoms with E-state index in [4.69, 9.17) is 0 Å². The van der Waals surface area contributed by atoms with Crippen LogP contribution in [0.3, 0.4) is 0 Å². The zero-order valence-electron chi connectivity index (χ0n) is 14.0. The average molecular weight is 340 g/mol. The van der Waals surface area contributed by atoms with Gasteiger partial charge in [0.15, 0.2) is 0 Å². The summed E-state index contributed by atoms with van der Waals surface area (Å²) >= 11 is 0. The van der Waals surface area contributed by atoms with E-state index in [-0.39, 0.29) is 5.56 Å². The summed E-state index contributed by atoms with van der Waals surface area (Å²) < 4.78 is 27.6.